The lowest BCUT2D eigenvalue weighted by Crippen LogP contribution is -2.07. The first-order valence-corrected chi connectivity index (χ1v) is 7.96. The molecule has 1 N–H and O–H groups in total. The number of carbonyl (C=O) groups is 1. The summed E-state index contributed by atoms with van der Waals surface area (Å²) >= 11 is 0. The molecule has 0 saturated carbocycles. The summed E-state index contributed by atoms with van der Waals surface area (Å²) in [5.41, 5.74) is 0.876. The van der Waals surface area contributed by atoms with Crippen LogP contribution in [-0.4, -0.2) is 46.4 Å². The van der Waals surface area contributed by atoms with Gasteiger partial charge in [0, 0.05) is 5.56 Å². The molecule has 0 aliphatic carbocycles. The maximum Gasteiger partial charge on any atom is 0.227 e. The van der Waals surface area contributed by atoms with E-state index in [2.05, 4.69) is 0 Å². The minimum Gasteiger partial charge on any atom is -0.504 e. The number of carbonyl (C=O) groups excluding carboxylic acids is 1. The van der Waals surface area contributed by atoms with Gasteiger partial charge in [-0.05, 0) is 35.9 Å². The first-order valence-electron chi connectivity index (χ1n) is 7.96. The second-order valence-corrected chi connectivity index (χ2v) is 5.39. The fraction of sp³-hybridized carbons (Fsp3) is 0.250. The van der Waals surface area contributed by atoms with Crippen LogP contribution in [0, 0.1) is 0 Å². The van der Waals surface area contributed by atoms with Crippen molar-refractivity contribution in [3.63, 3.8) is 0 Å². The molecule has 0 fully saturated rings. The van der Waals surface area contributed by atoms with Gasteiger partial charge in [-0.1, -0.05) is 6.07 Å². The number of hydrogen-bond donors (Lipinski definition) is 1. The van der Waals surface area contributed by atoms with Crippen LogP contribution in [0.2, 0.25) is 0 Å². The van der Waals surface area contributed by atoms with Crippen LogP contribution >= 0.6 is 0 Å². The van der Waals surface area contributed by atoms with Gasteiger partial charge >= 0.3 is 0 Å². The average Bonchev–Trinajstić information content (AvgIpc) is 2.70. The third-order valence-electron chi connectivity index (χ3n) is 3.87. The number of benzene rings is 2. The number of ketones is 1. The molecule has 0 aromatic heterocycles. The molecule has 27 heavy (non-hydrogen) atoms. The maximum atomic E-state index is 12.9. The van der Waals surface area contributed by atoms with E-state index in [1.54, 1.807) is 24.3 Å². The lowest BCUT2D eigenvalue weighted by Gasteiger charge is -2.14. The summed E-state index contributed by atoms with van der Waals surface area (Å²) in [5, 5.41) is 9.90. The Balaban J connectivity index is 2.46. The molecule has 0 atom stereocenters. The van der Waals surface area contributed by atoms with Crippen molar-refractivity contribution in [2.75, 3.05) is 35.5 Å². The second kappa shape index (κ2) is 8.84. The second-order valence-electron chi connectivity index (χ2n) is 5.39. The fourth-order valence-corrected chi connectivity index (χ4v) is 2.52. The molecule has 2 rings (SSSR count). The molecule has 144 valence electrons. The summed E-state index contributed by atoms with van der Waals surface area (Å²) in [4.78, 5) is 12.9. The maximum absolute atomic E-state index is 12.9. The SMILES string of the molecule is CO/C(=C\c1ccc(OC)c(O)c1)C(=O)c1cc(OC)c(OC)c(OC)c1. The first-order chi connectivity index (χ1) is 13.0. The number of rotatable bonds is 8. The Labute approximate surface area is 157 Å². The standard InChI is InChI=1S/C20H22O7/c1-23-15-7-6-12(8-14(15)21)9-16(24-2)19(22)13-10-17(25-3)20(27-5)18(11-13)26-4/h6-11,21H,1-5H3/b16-9-. The molecular formula is C20H22O7. The molecule has 2 aromatic carbocycles. The third kappa shape index (κ3) is 4.25. The van der Waals surface area contributed by atoms with Crippen molar-refractivity contribution in [1.29, 1.82) is 0 Å². The van der Waals surface area contributed by atoms with Gasteiger partial charge in [0.25, 0.3) is 0 Å². The average molecular weight is 374 g/mol. The highest BCUT2D eigenvalue weighted by Gasteiger charge is 2.20. The van der Waals surface area contributed by atoms with E-state index in [-0.39, 0.29) is 17.3 Å². The quantitative estimate of drug-likeness (QED) is 0.431. The Bertz CT molecular complexity index is 830. The van der Waals surface area contributed by atoms with Crippen LogP contribution in [0.25, 0.3) is 6.08 Å². The van der Waals surface area contributed by atoms with E-state index >= 15 is 0 Å². The molecule has 0 aliphatic heterocycles. The molecule has 0 aliphatic rings. The molecule has 0 saturated heterocycles. The Morgan fingerprint density at radius 2 is 1.44 bits per heavy atom. The number of hydrogen-bond acceptors (Lipinski definition) is 7. The monoisotopic (exact) mass is 374 g/mol. The van der Waals surface area contributed by atoms with Crippen LogP contribution in [0.1, 0.15) is 15.9 Å². The number of Topliss-reactive ketones (excluding diaryl/α,β-unsaturated/α-hetero) is 1. The van der Waals surface area contributed by atoms with Gasteiger partial charge in [-0.25, -0.2) is 0 Å². The van der Waals surface area contributed by atoms with Gasteiger partial charge in [-0.15, -0.1) is 0 Å². The van der Waals surface area contributed by atoms with E-state index in [1.807, 2.05) is 0 Å². The number of aromatic hydroxyl groups is 1. The molecule has 0 bridgehead atoms. The predicted octanol–water partition coefficient (Wildman–Crippen LogP) is 3.30. The van der Waals surface area contributed by atoms with E-state index in [4.69, 9.17) is 23.7 Å². The summed E-state index contributed by atoms with van der Waals surface area (Å²) in [6.45, 7) is 0. The molecule has 0 unspecified atom stereocenters. The fourth-order valence-electron chi connectivity index (χ4n) is 2.52. The summed E-state index contributed by atoms with van der Waals surface area (Å²) in [5.74, 6) is 1.10. The Hall–Kier alpha value is -3.35. The predicted molar refractivity (Wildman–Crippen MR) is 100 cm³/mol. The molecule has 7 heteroatoms. The summed E-state index contributed by atoms with van der Waals surface area (Å²) in [7, 11) is 7.28. The largest absolute Gasteiger partial charge is 0.504 e. The van der Waals surface area contributed by atoms with Crippen molar-refractivity contribution in [3.05, 3.63) is 47.2 Å². The molecular weight excluding hydrogens is 352 g/mol. The molecule has 0 heterocycles. The van der Waals surface area contributed by atoms with Crippen molar-refractivity contribution < 1.29 is 33.6 Å². The van der Waals surface area contributed by atoms with E-state index in [1.165, 1.54) is 47.7 Å². The molecule has 0 amide bonds. The Morgan fingerprint density at radius 1 is 0.852 bits per heavy atom. The van der Waals surface area contributed by atoms with Crippen LogP contribution in [0.4, 0.5) is 0 Å². The lowest BCUT2D eigenvalue weighted by atomic mass is 10.1. The minimum absolute atomic E-state index is 0.0399. The van der Waals surface area contributed by atoms with Crippen molar-refractivity contribution in [2.45, 2.75) is 0 Å². The molecule has 0 spiro atoms. The van der Waals surface area contributed by atoms with Crippen LogP contribution in [0.5, 0.6) is 28.7 Å². The third-order valence-corrected chi connectivity index (χ3v) is 3.87. The van der Waals surface area contributed by atoms with Gasteiger partial charge in [-0.2, -0.15) is 0 Å². The summed E-state index contributed by atoms with van der Waals surface area (Å²) in [6, 6.07) is 7.85. The van der Waals surface area contributed by atoms with Gasteiger partial charge in [0.1, 0.15) is 0 Å². The van der Waals surface area contributed by atoms with Crippen molar-refractivity contribution in [2.24, 2.45) is 0 Å². The van der Waals surface area contributed by atoms with E-state index in [0.717, 1.165) is 0 Å². The van der Waals surface area contributed by atoms with Gasteiger partial charge in [0.05, 0.1) is 35.5 Å². The highest BCUT2D eigenvalue weighted by Crippen LogP contribution is 2.39. The van der Waals surface area contributed by atoms with E-state index < -0.39 is 0 Å². The van der Waals surface area contributed by atoms with Gasteiger partial charge in [0.2, 0.25) is 11.5 Å². The van der Waals surface area contributed by atoms with Gasteiger partial charge in [-0.3, -0.25) is 4.79 Å². The smallest absolute Gasteiger partial charge is 0.227 e. The van der Waals surface area contributed by atoms with Crippen LogP contribution in [-0.2, 0) is 4.74 Å². The molecule has 2 aromatic rings. The van der Waals surface area contributed by atoms with Crippen molar-refractivity contribution >= 4 is 11.9 Å². The summed E-state index contributed by atoms with van der Waals surface area (Å²) < 4.78 is 26.1. The Kier molecular flexibility index (Phi) is 6.54. The molecule has 0 radical (unpaired) electrons. The highest BCUT2D eigenvalue weighted by atomic mass is 16.5. The first kappa shape index (κ1) is 20.0. The highest BCUT2D eigenvalue weighted by molar-refractivity contribution is 6.10. The zero-order valence-electron chi connectivity index (χ0n) is 15.9. The van der Waals surface area contributed by atoms with E-state index in [0.29, 0.717) is 34.1 Å². The van der Waals surface area contributed by atoms with Crippen LogP contribution in [0.15, 0.2) is 36.1 Å². The zero-order valence-corrected chi connectivity index (χ0v) is 15.9. The van der Waals surface area contributed by atoms with Gasteiger partial charge in [0.15, 0.2) is 28.8 Å². The number of ether oxygens (including phenoxy) is 5. The normalized spacial score (nSPS) is 10.9. The number of methoxy groups -OCH3 is 5. The van der Waals surface area contributed by atoms with Crippen molar-refractivity contribution in [1.82, 2.24) is 0 Å². The Morgan fingerprint density at radius 3 is 1.89 bits per heavy atom. The lowest BCUT2D eigenvalue weighted by molar-refractivity contribution is 0.0956. The van der Waals surface area contributed by atoms with Crippen LogP contribution in [0.3, 0.4) is 0 Å². The van der Waals surface area contributed by atoms with Crippen molar-refractivity contribution in [3.8, 4) is 28.7 Å². The topological polar surface area (TPSA) is 83.5 Å². The minimum atomic E-state index is -0.382. The summed E-state index contributed by atoms with van der Waals surface area (Å²) in [6.07, 6.45) is 1.52. The zero-order chi connectivity index (χ0) is 20.0. The number of phenolic OH excluding ortho intramolecular Hbond substituents is 1. The van der Waals surface area contributed by atoms with Crippen LogP contribution < -0.4 is 18.9 Å². The number of phenols is 1. The number of allylic oxidation sites excluding steroid dienone is 1. The van der Waals surface area contributed by atoms with E-state index in [9.17, 15) is 9.90 Å². The molecule has 7 nitrogen and oxygen atoms in total. The van der Waals surface area contributed by atoms with Gasteiger partial charge < -0.3 is 28.8 Å².